The Morgan fingerprint density at radius 1 is 1.12 bits per heavy atom. The average Bonchev–Trinajstić information content (AvgIpc) is 2.19. The van der Waals surface area contributed by atoms with E-state index in [0.717, 1.165) is 13.1 Å². The third-order valence-electron chi connectivity index (χ3n) is 2.06. The minimum absolute atomic E-state index is 0.170. The van der Waals surface area contributed by atoms with E-state index < -0.39 is 0 Å². The maximum Gasteiger partial charge on any atom is 0.147 e. The van der Waals surface area contributed by atoms with Gasteiger partial charge in [0.05, 0.1) is 10.0 Å². The molecule has 0 aliphatic rings. The summed E-state index contributed by atoms with van der Waals surface area (Å²) in [6, 6.07) is 1.71. The third-order valence-corrected chi connectivity index (χ3v) is 2.64. The summed E-state index contributed by atoms with van der Waals surface area (Å²) in [4.78, 5) is 4.38. The SMILES string of the molecule is CCNc1nc(NCC(C)(C)C)c(Cl)cc1Cl. The molecule has 0 atom stereocenters. The zero-order valence-electron chi connectivity index (χ0n) is 10.7. The van der Waals surface area contributed by atoms with Crippen molar-refractivity contribution in [1.29, 1.82) is 0 Å². The molecule has 2 N–H and O–H groups in total. The van der Waals surface area contributed by atoms with Crippen LogP contribution in [0.4, 0.5) is 11.6 Å². The van der Waals surface area contributed by atoms with Gasteiger partial charge in [0.2, 0.25) is 0 Å². The molecule has 0 aromatic carbocycles. The number of nitrogens with zero attached hydrogens (tertiary/aromatic N) is 1. The largest absolute Gasteiger partial charge is 0.369 e. The Kier molecular flexibility index (Phi) is 4.90. The van der Waals surface area contributed by atoms with Crippen LogP contribution in [0.25, 0.3) is 0 Å². The van der Waals surface area contributed by atoms with E-state index in [0.29, 0.717) is 21.7 Å². The molecular weight excluding hydrogens is 257 g/mol. The Bertz CT molecular complexity index is 386. The highest BCUT2D eigenvalue weighted by Gasteiger charge is 2.13. The van der Waals surface area contributed by atoms with Gasteiger partial charge in [-0.25, -0.2) is 4.98 Å². The maximum absolute atomic E-state index is 6.09. The smallest absolute Gasteiger partial charge is 0.147 e. The Balaban J connectivity index is 2.88. The van der Waals surface area contributed by atoms with Gasteiger partial charge in [-0.3, -0.25) is 0 Å². The van der Waals surface area contributed by atoms with Gasteiger partial charge in [0.1, 0.15) is 11.6 Å². The van der Waals surface area contributed by atoms with Crippen molar-refractivity contribution in [3.05, 3.63) is 16.1 Å². The first-order valence-corrected chi connectivity index (χ1v) is 6.43. The lowest BCUT2D eigenvalue weighted by molar-refractivity contribution is 0.442. The molecule has 1 rings (SSSR count). The number of hydrogen-bond acceptors (Lipinski definition) is 3. The van der Waals surface area contributed by atoms with Gasteiger partial charge in [-0.1, -0.05) is 44.0 Å². The fraction of sp³-hybridized carbons (Fsp3) is 0.583. The maximum atomic E-state index is 6.09. The van der Waals surface area contributed by atoms with Crippen molar-refractivity contribution in [1.82, 2.24) is 4.98 Å². The summed E-state index contributed by atoms with van der Waals surface area (Å²) in [7, 11) is 0. The van der Waals surface area contributed by atoms with Crippen LogP contribution in [-0.4, -0.2) is 18.1 Å². The minimum Gasteiger partial charge on any atom is -0.369 e. The highest BCUT2D eigenvalue weighted by molar-refractivity contribution is 6.37. The van der Waals surface area contributed by atoms with Crippen LogP contribution < -0.4 is 10.6 Å². The van der Waals surface area contributed by atoms with Crippen LogP contribution in [0.1, 0.15) is 27.7 Å². The molecule has 0 aliphatic carbocycles. The Hall–Kier alpha value is -0.670. The summed E-state index contributed by atoms with van der Waals surface area (Å²) in [5.41, 5.74) is 0.170. The van der Waals surface area contributed by atoms with Crippen LogP contribution in [0.2, 0.25) is 10.0 Å². The fourth-order valence-electron chi connectivity index (χ4n) is 1.23. The lowest BCUT2D eigenvalue weighted by atomic mass is 9.97. The van der Waals surface area contributed by atoms with Gasteiger partial charge in [0.25, 0.3) is 0 Å². The molecule has 1 aromatic rings. The van der Waals surface area contributed by atoms with Gasteiger partial charge in [-0.2, -0.15) is 0 Å². The van der Waals surface area contributed by atoms with Gasteiger partial charge in [0, 0.05) is 13.1 Å². The van der Waals surface area contributed by atoms with Crippen molar-refractivity contribution in [3.8, 4) is 0 Å². The summed E-state index contributed by atoms with van der Waals surface area (Å²) in [6.07, 6.45) is 0. The van der Waals surface area contributed by atoms with Gasteiger partial charge in [-0.15, -0.1) is 0 Å². The van der Waals surface area contributed by atoms with Crippen molar-refractivity contribution < 1.29 is 0 Å². The number of nitrogens with one attached hydrogen (secondary N) is 2. The van der Waals surface area contributed by atoms with E-state index in [-0.39, 0.29) is 5.41 Å². The highest BCUT2D eigenvalue weighted by atomic mass is 35.5. The second-order valence-electron chi connectivity index (χ2n) is 5.09. The molecule has 5 heteroatoms. The molecular formula is C12H19Cl2N3. The van der Waals surface area contributed by atoms with Crippen LogP contribution in [0, 0.1) is 5.41 Å². The van der Waals surface area contributed by atoms with Gasteiger partial charge >= 0.3 is 0 Å². The van der Waals surface area contributed by atoms with Crippen molar-refractivity contribution in [2.75, 3.05) is 23.7 Å². The molecule has 1 aromatic heterocycles. The number of anilines is 2. The lowest BCUT2D eigenvalue weighted by Gasteiger charge is -2.20. The second-order valence-corrected chi connectivity index (χ2v) is 5.91. The number of aromatic nitrogens is 1. The van der Waals surface area contributed by atoms with Crippen molar-refractivity contribution in [2.45, 2.75) is 27.7 Å². The first-order valence-electron chi connectivity index (χ1n) is 5.67. The monoisotopic (exact) mass is 275 g/mol. The summed E-state index contributed by atoms with van der Waals surface area (Å²) >= 11 is 12.1. The Morgan fingerprint density at radius 3 is 2.12 bits per heavy atom. The summed E-state index contributed by atoms with van der Waals surface area (Å²) < 4.78 is 0. The summed E-state index contributed by atoms with van der Waals surface area (Å²) in [5, 5.41) is 7.42. The molecule has 0 spiro atoms. The first-order chi connectivity index (χ1) is 7.83. The molecule has 0 unspecified atom stereocenters. The van der Waals surface area contributed by atoms with E-state index in [2.05, 4.69) is 36.4 Å². The van der Waals surface area contributed by atoms with E-state index in [1.165, 1.54) is 0 Å². The molecule has 0 fully saturated rings. The van der Waals surface area contributed by atoms with Gasteiger partial charge in [-0.05, 0) is 18.4 Å². The normalized spacial score (nSPS) is 11.4. The lowest BCUT2D eigenvalue weighted by Crippen LogP contribution is -2.20. The van der Waals surface area contributed by atoms with Crippen molar-refractivity contribution in [2.24, 2.45) is 5.41 Å². The van der Waals surface area contributed by atoms with E-state index in [1.807, 2.05) is 6.92 Å². The minimum atomic E-state index is 0.170. The zero-order valence-corrected chi connectivity index (χ0v) is 12.2. The Labute approximate surface area is 113 Å². The van der Waals surface area contributed by atoms with E-state index in [9.17, 15) is 0 Å². The number of hydrogen-bond donors (Lipinski definition) is 2. The molecule has 96 valence electrons. The molecule has 0 radical (unpaired) electrons. The zero-order chi connectivity index (χ0) is 13.1. The molecule has 0 aliphatic heterocycles. The van der Waals surface area contributed by atoms with E-state index >= 15 is 0 Å². The van der Waals surface area contributed by atoms with Crippen molar-refractivity contribution >= 4 is 34.8 Å². The predicted molar refractivity (Wildman–Crippen MR) is 76.4 cm³/mol. The summed E-state index contributed by atoms with van der Waals surface area (Å²) in [6.45, 7) is 10.0. The molecule has 1 heterocycles. The fourth-order valence-corrected chi connectivity index (χ4v) is 1.72. The van der Waals surface area contributed by atoms with Crippen LogP contribution in [0.5, 0.6) is 0 Å². The van der Waals surface area contributed by atoms with Crippen LogP contribution in [-0.2, 0) is 0 Å². The number of rotatable bonds is 4. The summed E-state index contributed by atoms with van der Waals surface area (Å²) in [5.74, 6) is 1.33. The number of halogens is 2. The standard InChI is InChI=1S/C12H19Cl2N3/c1-5-15-10-8(13)6-9(14)11(17-10)16-7-12(2,3)4/h6H,5,7H2,1-4H3,(H2,15,16,17). The molecule has 0 amide bonds. The quantitative estimate of drug-likeness (QED) is 0.861. The topological polar surface area (TPSA) is 37.0 Å². The van der Waals surface area contributed by atoms with Crippen molar-refractivity contribution in [3.63, 3.8) is 0 Å². The highest BCUT2D eigenvalue weighted by Crippen LogP contribution is 2.29. The number of pyridine rings is 1. The van der Waals surface area contributed by atoms with Gasteiger partial charge in [0.15, 0.2) is 0 Å². The molecule has 0 saturated heterocycles. The van der Waals surface area contributed by atoms with E-state index in [4.69, 9.17) is 23.2 Å². The van der Waals surface area contributed by atoms with Gasteiger partial charge < -0.3 is 10.6 Å². The average molecular weight is 276 g/mol. The van der Waals surface area contributed by atoms with Crippen LogP contribution >= 0.6 is 23.2 Å². The predicted octanol–water partition coefficient (Wildman–Crippen LogP) is 4.28. The third kappa shape index (κ3) is 4.60. The Morgan fingerprint density at radius 2 is 1.65 bits per heavy atom. The molecule has 0 bridgehead atoms. The van der Waals surface area contributed by atoms with E-state index in [1.54, 1.807) is 6.07 Å². The van der Waals surface area contributed by atoms with Crippen LogP contribution in [0.3, 0.4) is 0 Å². The molecule has 17 heavy (non-hydrogen) atoms. The first kappa shape index (κ1) is 14.4. The van der Waals surface area contributed by atoms with Crippen LogP contribution in [0.15, 0.2) is 6.07 Å². The second kappa shape index (κ2) is 5.78. The molecule has 3 nitrogen and oxygen atoms in total. The molecule has 0 saturated carbocycles.